The van der Waals surface area contributed by atoms with Crippen LogP contribution < -0.4 is 11.4 Å². The average Bonchev–Trinajstić information content (AvgIpc) is 2.97. The highest BCUT2D eigenvalue weighted by atomic mass is 32.2. The van der Waals surface area contributed by atoms with Gasteiger partial charge in [0.1, 0.15) is 5.82 Å². The normalized spacial score (nSPS) is 11.2. The number of nitrogens with two attached hydrogens (primary N) is 1. The lowest BCUT2D eigenvalue weighted by molar-refractivity contribution is 0.824. The number of hydrogen-bond acceptors (Lipinski definition) is 7. The van der Waals surface area contributed by atoms with Crippen LogP contribution in [0.25, 0.3) is 4.96 Å². The highest BCUT2D eigenvalue weighted by Gasteiger charge is 2.09. The second kappa shape index (κ2) is 4.67. The van der Waals surface area contributed by atoms with Crippen LogP contribution in [-0.2, 0) is 5.75 Å². The summed E-state index contributed by atoms with van der Waals surface area (Å²) in [5.74, 6) is 6.93. The first-order valence-corrected chi connectivity index (χ1v) is 7.27. The maximum absolute atomic E-state index is 11.8. The molecule has 0 fully saturated rings. The Hall–Kier alpha value is -1.87. The number of thioether (sulfide) groups is 1. The summed E-state index contributed by atoms with van der Waals surface area (Å²) in [6.45, 7) is 1.78. The van der Waals surface area contributed by atoms with E-state index in [1.165, 1.54) is 38.2 Å². The zero-order chi connectivity index (χ0) is 13.4. The number of aromatic nitrogens is 5. The highest BCUT2D eigenvalue weighted by molar-refractivity contribution is 7.98. The summed E-state index contributed by atoms with van der Waals surface area (Å²) in [6.07, 6.45) is 1.71. The van der Waals surface area contributed by atoms with Crippen LogP contribution in [0.3, 0.4) is 0 Å². The molecule has 3 heterocycles. The first kappa shape index (κ1) is 12.2. The molecule has 0 radical (unpaired) electrons. The molecule has 0 bridgehead atoms. The molecule has 0 atom stereocenters. The minimum Gasteiger partial charge on any atom is -0.336 e. The van der Waals surface area contributed by atoms with Crippen LogP contribution in [0.4, 0.5) is 0 Å². The van der Waals surface area contributed by atoms with Gasteiger partial charge in [-0.2, -0.15) is 0 Å². The summed E-state index contributed by atoms with van der Waals surface area (Å²) in [7, 11) is 0. The molecule has 0 spiro atoms. The lowest BCUT2D eigenvalue weighted by Gasteiger charge is -2.01. The quantitative estimate of drug-likeness (QED) is 0.564. The first-order valence-electron chi connectivity index (χ1n) is 5.41. The third-order valence-electron chi connectivity index (χ3n) is 2.54. The number of rotatable bonds is 3. The summed E-state index contributed by atoms with van der Waals surface area (Å²) in [4.78, 5) is 16.9. The van der Waals surface area contributed by atoms with Crippen molar-refractivity contribution in [2.24, 2.45) is 0 Å². The zero-order valence-electron chi connectivity index (χ0n) is 9.98. The van der Waals surface area contributed by atoms with Gasteiger partial charge in [0.05, 0.1) is 5.69 Å². The summed E-state index contributed by atoms with van der Waals surface area (Å²) in [5, 5.41) is 10.3. The van der Waals surface area contributed by atoms with Gasteiger partial charge < -0.3 is 5.84 Å². The van der Waals surface area contributed by atoms with Crippen LogP contribution in [0.2, 0.25) is 0 Å². The van der Waals surface area contributed by atoms with E-state index in [-0.39, 0.29) is 5.56 Å². The van der Waals surface area contributed by atoms with E-state index in [2.05, 4.69) is 15.2 Å². The van der Waals surface area contributed by atoms with Gasteiger partial charge in [-0.15, -0.1) is 21.5 Å². The van der Waals surface area contributed by atoms with Gasteiger partial charge in [0.25, 0.3) is 5.56 Å². The zero-order valence-corrected chi connectivity index (χ0v) is 11.6. The van der Waals surface area contributed by atoms with Gasteiger partial charge in [-0.1, -0.05) is 11.8 Å². The molecule has 0 unspecified atom stereocenters. The van der Waals surface area contributed by atoms with E-state index in [9.17, 15) is 4.79 Å². The first-order chi connectivity index (χ1) is 9.15. The molecule has 9 heteroatoms. The Balaban J connectivity index is 1.85. The van der Waals surface area contributed by atoms with E-state index in [1.54, 1.807) is 13.1 Å². The smallest absolute Gasteiger partial charge is 0.258 e. The molecule has 3 rings (SSSR count). The molecule has 0 aliphatic carbocycles. The SMILES string of the molecule is Cc1nnc(SCc2cc(=O)n3ccsc3n2)n1N. The molecule has 0 saturated carbocycles. The standard InChI is InChI=1S/C10H10N6OS2/c1-6-13-14-10(16(6)11)19-5-7-4-8(17)15-2-3-18-9(15)12-7/h2-4H,5,11H2,1H3. The van der Waals surface area contributed by atoms with Crippen LogP contribution in [-0.4, -0.2) is 24.3 Å². The number of hydrogen-bond donors (Lipinski definition) is 1. The van der Waals surface area contributed by atoms with Crippen LogP contribution in [0.1, 0.15) is 11.5 Å². The molecule has 0 aliphatic rings. The van der Waals surface area contributed by atoms with E-state index in [1.807, 2.05) is 5.38 Å². The summed E-state index contributed by atoms with van der Waals surface area (Å²) in [5.41, 5.74) is 0.630. The molecular weight excluding hydrogens is 284 g/mol. The summed E-state index contributed by atoms with van der Waals surface area (Å²) < 4.78 is 2.94. The number of nitrogen functional groups attached to an aromatic ring is 1. The molecule has 19 heavy (non-hydrogen) atoms. The Kier molecular flexibility index (Phi) is 2.99. The van der Waals surface area contributed by atoms with E-state index in [0.29, 0.717) is 27.4 Å². The van der Waals surface area contributed by atoms with Gasteiger partial charge in [0, 0.05) is 23.4 Å². The van der Waals surface area contributed by atoms with Crippen molar-refractivity contribution in [3.05, 3.63) is 39.5 Å². The third kappa shape index (κ3) is 2.22. The number of nitrogens with zero attached hydrogens (tertiary/aromatic N) is 5. The lowest BCUT2D eigenvalue weighted by atomic mass is 10.4. The van der Waals surface area contributed by atoms with Crippen molar-refractivity contribution in [3.8, 4) is 0 Å². The molecule has 0 aliphatic heterocycles. The van der Waals surface area contributed by atoms with Gasteiger partial charge in [-0.05, 0) is 6.92 Å². The summed E-state index contributed by atoms with van der Waals surface area (Å²) >= 11 is 2.83. The fraction of sp³-hybridized carbons (Fsp3) is 0.200. The molecule has 2 N–H and O–H groups in total. The van der Waals surface area contributed by atoms with Crippen molar-refractivity contribution in [2.45, 2.75) is 17.8 Å². The molecule has 7 nitrogen and oxygen atoms in total. The van der Waals surface area contributed by atoms with E-state index in [4.69, 9.17) is 5.84 Å². The van der Waals surface area contributed by atoms with Crippen molar-refractivity contribution in [3.63, 3.8) is 0 Å². The highest BCUT2D eigenvalue weighted by Crippen LogP contribution is 2.19. The largest absolute Gasteiger partial charge is 0.336 e. The van der Waals surface area contributed by atoms with E-state index >= 15 is 0 Å². The second-order valence-corrected chi connectivity index (χ2v) is 5.65. The fourth-order valence-corrected chi connectivity index (χ4v) is 3.08. The van der Waals surface area contributed by atoms with Gasteiger partial charge in [-0.3, -0.25) is 9.20 Å². The minimum atomic E-state index is -0.0766. The maximum Gasteiger partial charge on any atom is 0.258 e. The second-order valence-electron chi connectivity index (χ2n) is 3.83. The Morgan fingerprint density at radius 1 is 1.47 bits per heavy atom. The molecular formula is C10H10N6OS2. The van der Waals surface area contributed by atoms with Crippen LogP contribution in [0.15, 0.2) is 27.6 Å². The van der Waals surface area contributed by atoms with E-state index < -0.39 is 0 Å². The van der Waals surface area contributed by atoms with Crippen LogP contribution in [0.5, 0.6) is 0 Å². The topological polar surface area (TPSA) is 91.1 Å². The fourth-order valence-electron chi connectivity index (χ4n) is 1.55. The van der Waals surface area contributed by atoms with Crippen LogP contribution >= 0.6 is 23.1 Å². The molecule has 3 aromatic heterocycles. The Morgan fingerprint density at radius 3 is 3.05 bits per heavy atom. The number of aryl methyl sites for hydroxylation is 1. The van der Waals surface area contributed by atoms with Crippen molar-refractivity contribution in [1.29, 1.82) is 0 Å². The maximum atomic E-state index is 11.8. The van der Waals surface area contributed by atoms with Gasteiger partial charge >= 0.3 is 0 Å². The lowest BCUT2D eigenvalue weighted by Crippen LogP contribution is -2.13. The van der Waals surface area contributed by atoms with Crippen molar-refractivity contribution in [1.82, 2.24) is 24.3 Å². The predicted octanol–water partition coefficient (Wildman–Crippen LogP) is 0.662. The van der Waals surface area contributed by atoms with Gasteiger partial charge in [0.2, 0.25) is 5.16 Å². The van der Waals surface area contributed by atoms with Gasteiger partial charge in [-0.25, -0.2) is 9.66 Å². The van der Waals surface area contributed by atoms with Crippen molar-refractivity contribution < 1.29 is 0 Å². The molecule has 3 aromatic rings. The third-order valence-corrected chi connectivity index (χ3v) is 4.27. The Labute approximate surface area is 116 Å². The van der Waals surface area contributed by atoms with Gasteiger partial charge in [0.15, 0.2) is 4.96 Å². The monoisotopic (exact) mass is 294 g/mol. The van der Waals surface area contributed by atoms with Crippen molar-refractivity contribution in [2.75, 3.05) is 5.84 Å². The van der Waals surface area contributed by atoms with E-state index in [0.717, 1.165) is 0 Å². The molecule has 0 saturated heterocycles. The number of fused-ring (bicyclic) bond motifs is 1. The average molecular weight is 294 g/mol. The Bertz CT molecular complexity index is 789. The minimum absolute atomic E-state index is 0.0766. The van der Waals surface area contributed by atoms with Crippen molar-refractivity contribution >= 4 is 28.1 Å². The summed E-state index contributed by atoms with van der Waals surface area (Å²) in [6, 6.07) is 1.52. The predicted molar refractivity (Wildman–Crippen MR) is 73.8 cm³/mol. The van der Waals surface area contributed by atoms with Crippen LogP contribution in [0, 0.1) is 6.92 Å². The molecule has 0 aromatic carbocycles. The number of thiazole rings is 1. The molecule has 0 amide bonds. The Morgan fingerprint density at radius 2 is 2.32 bits per heavy atom. The molecule has 98 valence electrons.